The number of nitrogens with two attached hydrogens (primary N) is 1. The molecule has 0 aromatic carbocycles. The van der Waals surface area contributed by atoms with Crippen molar-refractivity contribution in [2.24, 2.45) is 23.0 Å². The predicted molar refractivity (Wildman–Crippen MR) is 87.3 cm³/mol. The number of rotatable bonds is 7. The molecule has 0 bridgehead atoms. The van der Waals surface area contributed by atoms with Crippen LogP contribution in [0.25, 0.3) is 0 Å². The highest BCUT2D eigenvalue weighted by Crippen LogP contribution is 2.46. The second-order valence-electron chi connectivity index (χ2n) is 8.00. The van der Waals surface area contributed by atoms with Crippen LogP contribution < -0.4 is 11.1 Å². The van der Waals surface area contributed by atoms with E-state index in [0.29, 0.717) is 5.92 Å². The Bertz CT molecular complexity index is 445. The fraction of sp³-hybridized carbons (Fsp3) is 0.765. The zero-order valence-electron chi connectivity index (χ0n) is 14.3. The van der Waals surface area contributed by atoms with Crippen LogP contribution in [0.2, 0.25) is 0 Å². The van der Waals surface area contributed by atoms with Crippen molar-refractivity contribution < 1.29 is 14.7 Å². The van der Waals surface area contributed by atoms with Crippen molar-refractivity contribution in [1.82, 2.24) is 5.32 Å². The third kappa shape index (κ3) is 6.18. The van der Waals surface area contributed by atoms with E-state index in [1.165, 1.54) is 12.8 Å². The van der Waals surface area contributed by atoms with Crippen molar-refractivity contribution in [3.05, 3.63) is 12.2 Å². The quantitative estimate of drug-likeness (QED) is 0.629. The van der Waals surface area contributed by atoms with Gasteiger partial charge in [0.15, 0.2) is 0 Å². The summed E-state index contributed by atoms with van der Waals surface area (Å²) < 4.78 is 0. The average molecular weight is 310 g/mol. The van der Waals surface area contributed by atoms with E-state index in [1.807, 2.05) is 19.9 Å². The molecule has 0 spiro atoms. The molecule has 0 aromatic rings. The topological polar surface area (TPSA) is 92.4 Å². The van der Waals surface area contributed by atoms with Gasteiger partial charge in [-0.15, -0.1) is 0 Å². The minimum Gasteiger partial charge on any atom is -0.481 e. The lowest BCUT2D eigenvalue weighted by molar-refractivity contribution is -0.139. The Balaban J connectivity index is 2.67. The first-order valence-corrected chi connectivity index (χ1v) is 7.91. The van der Waals surface area contributed by atoms with E-state index in [2.05, 4.69) is 32.2 Å². The van der Waals surface area contributed by atoms with Crippen LogP contribution >= 0.6 is 0 Å². The Morgan fingerprint density at radius 1 is 1.27 bits per heavy atom. The van der Waals surface area contributed by atoms with Crippen LogP contribution in [0.4, 0.5) is 0 Å². The van der Waals surface area contributed by atoms with Crippen LogP contribution in [0.1, 0.15) is 53.9 Å². The molecule has 5 heteroatoms. The van der Waals surface area contributed by atoms with Crippen molar-refractivity contribution in [1.29, 1.82) is 0 Å². The van der Waals surface area contributed by atoms with Gasteiger partial charge in [0.2, 0.25) is 5.91 Å². The lowest BCUT2D eigenvalue weighted by Crippen LogP contribution is -2.50. The number of allylic oxidation sites excluding steroid dienone is 1. The maximum absolute atomic E-state index is 11.9. The molecule has 5 nitrogen and oxygen atoms in total. The van der Waals surface area contributed by atoms with Crippen LogP contribution in [0.5, 0.6) is 0 Å². The normalized spacial score (nSPS) is 19.0. The highest BCUT2D eigenvalue weighted by Gasteiger charge is 2.37. The average Bonchev–Trinajstić information content (AvgIpc) is 3.09. The van der Waals surface area contributed by atoms with E-state index in [1.54, 1.807) is 0 Å². The number of hydrogen-bond acceptors (Lipinski definition) is 3. The first-order valence-electron chi connectivity index (χ1n) is 7.91. The Hall–Kier alpha value is -1.36. The molecular formula is C17H30N2O3. The number of hydrogen-bond donors (Lipinski definition) is 3. The third-order valence-electron chi connectivity index (χ3n) is 4.03. The van der Waals surface area contributed by atoms with Crippen LogP contribution in [-0.4, -0.2) is 28.6 Å². The molecule has 1 fully saturated rings. The molecule has 1 aliphatic carbocycles. The molecule has 1 aliphatic rings. The first-order chi connectivity index (χ1) is 9.92. The molecule has 0 aromatic heterocycles. The number of amides is 1. The van der Waals surface area contributed by atoms with E-state index >= 15 is 0 Å². The predicted octanol–water partition coefficient (Wildman–Crippen LogP) is 2.31. The van der Waals surface area contributed by atoms with Gasteiger partial charge >= 0.3 is 5.97 Å². The highest BCUT2D eigenvalue weighted by molar-refractivity contribution is 5.86. The number of carboxylic acids is 1. The molecule has 1 unspecified atom stereocenters. The molecule has 4 N–H and O–H groups in total. The monoisotopic (exact) mass is 310 g/mol. The second kappa shape index (κ2) is 6.82. The number of carbonyl (C=O) groups is 2. The van der Waals surface area contributed by atoms with E-state index < -0.39 is 23.5 Å². The largest absolute Gasteiger partial charge is 0.481 e. The molecule has 1 rings (SSSR count). The molecular weight excluding hydrogens is 280 g/mol. The zero-order chi connectivity index (χ0) is 17.1. The SMILES string of the molecule is CC(C)(C=CC(C1CC1)C(C)(C)C)NC(=O)[C@@H](N)CC(=O)O. The van der Waals surface area contributed by atoms with E-state index in [0.717, 1.165) is 5.92 Å². The maximum atomic E-state index is 11.9. The summed E-state index contributed by atoms with van der Waals surface area (Å²) >= 11 is 0. The molecule has 0 heterocycles. The Morgan fingerprint density at radius 3 is 2.23 bits per heavy atom. The summed E-state index contributed by atoms with van der Waals surface area (Å²) in [6, 6.07) is -1.02. The summed E-state index contributed by atoms with van der Waals surface area (Å²) in [7, 11) is 0. The fourth-order valence-electron chi connectivity index (χ4n) is 2.69. The van der Waals surface area contributed by atoms with E-state index in [9.17, 15) is 9.59 Å². The van der Waals surface area contributed by atoms with Crippen molar-refractivity contribution in [3.8, 4) is 0 Å². The van der Waals surface area contributed by atoms with Gasteiger partial charge in [-0.25, -0.2) is 0 Å². The standard InChI is InChI=1S/C17H30N2O3/c1-16(2,3)12(11-6-7-11)8-9-17(4,5)19-15(22)13(18)10-14(20)21/h8-9,11-13H,6-7,10,18H2,1-5H3,(H,19,22)(H,20,21)/t12?,13-/m0/s1. The minimum absolute atomic E-state index is 0.192. The smallest absolute Gasteiger partial charge is 0.305 e. The molecule has 22 heavy (non-hydrogen) atoms. The molecule has 1 amide bonds. The van der Waals surface area contributed by atoms with Gasteiger partial charge in [-0.1, -0.05) is 32.9 Å². The summed E-state index contributed by atoms with van der Waals surface area (Å²) in [6.45, 7) is 10.5. The summed E-state index contributed by atoms with van der Waals surface area (Å²) in [4.78, 5) is 22.6. The van der Waals surface area contributed by atoms with Gasteiger partial charge in [0.25, 0.3) is 0 Å². The number of carboxylic acid groups (broad SMARTS) is 1. The summed E-state index contributed by atoms with van der Waals surface area (Å²) in [5, 5.41) is 11.5. The van der Waals surface area contributed by atoms with Crippen LogP contribution in [-0.2, 0) is 9.59 Å². The number of aliphatic carboxylic acids is 1. The van der Waals surface area contributed by atoms with E-state index in [-0.39, 0.29) is 11.8 Å². The molecule has 0 radical (unpaired) electrons. The minimum atomic E-state index is -1.07. The zero-order valence-corrected chi connectivity index (χ0v) is 14.3. The summed E-state index contributed by atoms with van der Waals surface area (Å²) in [5.41, 5.74) is 5.23. The third-order valence-corrected chi connectivity index (χ3v) is 4.03. The van der Waals surface area contributed by atoms with Gasteiger partial charge in [-0.05, 0) is 43.9 Å². The molecule has 126 valence electrons. The Morgan fingerprint density at radius 2 is 1.82 bits per heavy atom. The summed E-state index contributed by atoms with van der Waals surface area (Å²) in [6.07, 6.45) is 6.37. The Labute approximate surface area is 133 Å². The van der Waals surface area contributed by atoms with Crippen molar-refractivity contribution in [3.63, 3.8) is 0 Å². The second-order valence-corrected chi connectivity index (χ2v) is 8.00. The maximum Gasteiger partial charge on any atom is 0.305 e. The fourth-order valence-corrected chi connectivity index (χ4v) is 2.69. The Kier molecular flexibility index (Phi) is 5.79. The van der Waals surface area contributed by atoms with Gasteiger partial charge in [-0.3, -0.25) is 9.59 Å². The van der Waals surface area contributed by atoms with Gasteiger partial charge in [0.05, 0.1) is 18.0 Å². The molecule has 2 atom stereocenters. The van der Waals surface area contributed by atoms with Gasteiger partial charge in [-0.2, -0.15) is 0 Å². The van der Waals surface area contributed by atoms with E-state index in [4.69, 9.17) is 10.8 Å². The lowest BCUT2D eigenvalue weighted by atomic mass is 9.77. The molecule has 0 saturated heterocycles. The van der Waals surface area contributed by atoms with Crippen molar-refractivity contribution in [2.45, 2.75) is 65.5 Å². The van der Waals surface area contributed by atoms with Gasteiger partial charge in [0.1, 0.15) is 0 Å². The van der Waals surface area contributed by atoms with Crippen LogP contribution in [0.15, 0.2) is 12.2 Å². The van der Waals surface area contributed by atoms with Crippen molar-refractivity contribution in [2.75, 3.05) is 0 Å². The number of carbonyl (C=O) groups excluding carboxylic acids is 1. The lowest BCUT2D eigenvalue weighted by Gasteiger charge is -2.30. The first kappa shape index (κ1) is 18.7. The highest BCUT2D eigenvalue weighted by atomic mass is 16.4. The number of nitrogens with one attached hydrogen (secondary N) is 1. The summed E-state index contributed by atoms with van der Waals surface area (Å²) in [5.74, 6) is -0.290. The van der Waals surface area contributed by atoms with Gasteiger partial charge in [0, 0.05) is 0 Å². The molecule has 0 aliphatic heterocycles. The van der Waals surface area contributed by atoms with Crippen LogP contribution in [0.3, 0.4) is 0 Å². The van der Waals surface area contributed by atoms with Crippen LogP contribution in [0, 0.1) is 17.3 Å². The van der Waals surface area contributed by atoms with Gasteiger partial charge < -0.3 is 16.2 Å². The molecule has 1 saturated carbocycles. The van der Waals surface area contributed by atoms with Crippen molar-refractivity contribution >= 4 is 11.9 Å².